The number of amides is 2. The Morgan fingerprint density at radius 1 is 1.20 bits per heavy atom. The lowest BCUT2D eigenvalue weighted by atomic mass is 9.84. The molecule has 2 aromatic rings. The molecular weight excluding hydrogens is 634 g/mol. The van der Waals surface area contributed by atoms with E-state index in [1.54, 1.807) is 0 Å². The minimum Gasteiger partial charge on any atom is -0.453 e. The zero-order valence-electron chi connectivity index (χ0n) is 25.3. The quantitative estimate of drug-likeness (QED) is 0.184. The summed E-state index contributed by atoms with van der Waals surface area (Å²) in [7, 11) is 1.11. The predicted molar refractivity (Wildman–Crippen MR) is 166 cm³/mol. The van der Waals surface area contributed by atoms with Crippen LogP contribution in [0.1, 0.15) is 68.1 Å². The lowest BCUT2D eigenvalue weighted by Gasteiger charge is -2.36. The molecule has 0 bridgehead atoms. The summed E-state index contributed by atoms with van der Waals surface area (Å²) in [5.41, 5.74) is -0.955. The summed E-state index contributed by atoms with van der Waals surface area (Å²) in [4.78, 5) is 30.3. The van der Waals surface area contributed by atoms with Crippen molar-refractivity contribution in [2.45, 2.75) is 75.7 Å². The van der Waals surface area contributed by atoms with E-state index < -0.39 is 41.5 Å². The van der Waals surface area contributed by atoms with Crippen molar-refractivity contribution in [2.24, 2.45) is 5.92 Å². The number of methoxy groups -OCH3 is 1. The van der Waals surface area contributed by atoms with Gasteiger partial charge in [0, 0.05) is 55.8 Å². The van der Waals surface area contributed by atoms with Crippen LogP contribution in [0.2, 0.25) is 5.02 Å². The van der Waals surface area contributed by atoms with Crippen molar-refractivity contribution in [1.82, 2.24) is 25.2 Å². The van der Waals surface area contributed by atoms with Gasteiger partial charge in [0.15, 0.2) is 0 Å². The number of aromatic nitrogens is 1. The van der Waals surface area contributed by atoms with Gasteiger partial charge >= 0.3 is 12.3 Å². The lowest BCUT2D eigenvalue weighted by Crippen LogP contribution is -2.53. The second-order valence-corrected chi connectivity index (χ2v) is 13.0. The lowest BCUT2D eigenvalue weighted by molar-refractivity contribution is -0.137. The van der Waals surface area contributed by atoms with E-state index in [-0.39, 0.29) is 28.1 Å². The monoisotopic (exact) mass is 673 g/mol. The molecule has 3 unspecified atom stereocenters. The Labute approximate surface area is 270 Å². The van der Waals surface area contributed by atoms with Crippen LogP contribution in [0, 0.1) is 11.7 Å². The molecule has 1 aliphatic carbocycles. The summed E-state index contributed by atoms with van der Waals surface area (Å²) < 4.78 is 63.0. The molecule has 248 valence electrons. The highest BCUT2D eigenvalue weighted by Crippen LogP contribution is 2.36. The summed E-state index contributed by atoms with van der Waals surface area (Å²) >= 11 is 7.78. The van der Waals surface area contributed by atoms with Gasteiger partial charge in [-0.2, -0.15) is 13.2 Å². The normalized spacial score (nSPS) is 22.1. The van der Waals surface area contributed by atoms with Gasteiger partial charge in [-0.15, -0.1) is 0 Å². The minimum absolute atomic E-state index is 0.0412. The molecule has 2 aliphatic rings. The number of pyridine rings is 1. The number of rotatable bonds is 12. The number of hydrogen-bond donors (Lipinski definition) is 3. The van der Waals surface area contributed by atoms with Gasteiger partial charge in [0.25, 0.3) is 0 Å². The first-order valence-electron chi connectivity index (χ1n) is 15.2. The summed E-state index contributed by atoms with van der Waals surface area (Å²) in [6, 6.07) is 3.28. The topological polar surface area (TPSA) is 95.6 Å². The molecule has 1 aromatic heterocycles. The summed E-state index contributed by atoms with van der Waals surface area (Å²) in [5.74, 6) is -1.44. The summed E-state index contributed by atoms with van der Waals surface area (Å²) in [6.45, 7) is 4.98. The molecule has 2 amide bonds. The number of alkyl carbamates (subject to hydrolysis) is 1. The number of alkyl halides is 3. The Kier molecular flexibility index (Phi) is 12.8. The number of ether oxygens (including phenoxy) is 1. The summed E-state index contributed by atoms with van der Waals surface area (Å²) in [5, 5.41) is 8.85. The van der Waals surface area contributed by atoms with Crippen LogP contribution >= 0.6 is 23.5 Å². The first-order chi connectivity index (χ1) is 21.5. The van der Waals surface area contributed by atoms with E-state index in [1.165, 1.54) is 18.3 Å². The molecule has 5 atom stereocenters. The van der Waals surface area contributed by atoms with Crippen LogP contribution in [0.25, 0.3) is 0 Å². The Hall–Kier alpha value is -2.61. The maximum atomic E-state index is 14.7. The molecule has 0 radical (unpaired) electrons. The second kappa shape index (κ2) is 16.3. The van der Waals surface area contributed by atoms with Crippen molar-refractivity contribution in [1.29, 1.82) is 0 Å². The number of piperazine rings is 1. The maximum absolute atomic E-state index is 14.7. The molecule has 2 heterocycles. The van der Waals surface area contributed by atoms with E-state index in [4.69, 9.17) is 16.3 Å². The average Bonchev–Trinajstić information content (AvgIpc) is 3.46. The highest BCUT2D eigenvalue weighted by molar-refractivity contribution is 7.97. The number of carbonyl (C=O) groups is 2. The van der Waals surface area contributed by atoms with E-state index in [9.17, 15) is 27.2 Å². The van der Waals surface area contributed by atoms with Gasteiger partial charge in [0.1, 0.15) is 11.9 Å². The Morgan fingerprint density at radius 3 is 2.71 bits per heavy atom. The fraction of sp³-hybridized carbons (Fsp3) is 0.581. The molecule has 3 N–H and O–H groups in total. The van der Waals surface area contributed by atoms with Crippen LogP contribution in [0.15, 0.2) is 36.7 Å². The van der Waals surface area contributed by atoms with Crippen LogP contribution in [-0.2, 0) is 15.7 Å². The van der Waals surface area contributed by atoms with Gasteiger partial charge in [0.2, 0.25) is 5.91 Å². The standard InChI is InChI=1S/C31H40ClF4N5O3S/c1-3-13-45-41-12-11-37-18-23(41)9-7-19-5-4-6-26(19)39-29(42)28(40-30(43)44-2)27(20-8-10-24(32)25(33)15-20)21-14-22(17-38-16-21)31(34,35)36/h8,10,14-17,19,23,26-28,37H,3-7,9,11-13,18H2,1-2H3,(H,39,42)(H,40,43)/t19-,23?,26?,27?,28+/m1/s1. The number of carbonyl (C=O) groups excluding carboxylic acids is 2. The van der Waals surface area contributed by atoms with Crippen molar-refractivity contribution in [3.8, 4) is 0 Å². The van der Waals surface area contributed by atoms with Crippen molar-refractivity contribution in [3.05, 3.63) is 64.2 Å². The van der Waals surface area contributed by atoms with Gasteiger partial charge in [0.05, 0.1) is 17.7 Å². The first kappa shape index (κ1) is 35.2. The number of benzene rings is 1. The van der Waals surface area contributed by atoms with Gasteiger partial charge in [-0.3, -0.25) is 9.78 Å². The molecule has 1 saturated heterocycles. The van der Waals surface area contributed by atoms with E-state index in [2.05, 4.69) is 32.2 Å². The van der Waals surface area contributed by atoms with Crippen LogP contribution in [0.5, 0.6) is 0 Å². The van der Waals surface area contributed by atoms with Crippen molar-refractivity contribution in [2.75, 3.05) is 32.5 Å². The van der Waals surface area contributed by atoms with E-state index in [0.717, 1.165) is 83.2 Å². The third kappa shape index (κ3) is 9.46. The molecule has 1 saturated carbocycles. The zero-order chi connectivity index (χ0) is 32.6. The van der Waals surface area contributed by atoms with E-state index in [1.807, 2.05) is 11.9 Å². The smallest absolute Gasteiger partial charge is 0.417 e. The third-order valence-electron chi connectivity index (χ3n) is 8.44. The highest BCUT2D eigenvalue weighted by Gasteiger charge is 2.39. The van der Waals surface area contributed by atoms with Gasteiger partial charge in [-0.1, -0.05) is 43.0 Å². The van der Waals surface area contributed by atoms with E-state index >= 15 is 0 Å². The van der Waals surface area contributed by atoms with Crippen LogP contribution in [0.3, 0.4) is 0 Å². The minimum atomic E-state index is -4.72. The molecule has 45 heavy (non-hydrogen) atoms. The van der Waals surface area contributed by atoms with Crippen molar-refractivity contribution < 1.29 is 31.9 Å². The van der Waals surface area contributed by atoms with E-state index in [0.29, 0.717) is 12.2 Å². The number of nitrogens with zero attached hydrogens (tertiary/aromatic N) is 2. The maximum Gasteiger partial charge on any atom is 0.417 e. The molecule has 4 rings (SSSR count). The number of nitrogens with one attached hydrogen (secondary N) is 3. The van der Waals surface area contributed by atoms with Crippen LogP contribution < -0.4 is 16.0 Å². The summed E-state index contributed by atoms with van der Waals surface area (Å²) in [6.07, 6.45) is 1.64. The van der Waals surface area contributed by atoms with Crippen molar-refractivity contribution in [3.63, 3.8) is 0 Å². The molecule has 1 aromatic carbocycles. The van der Waals surface area contributed by atoms with Gasteiger partial charge < -0.3 is 20.7 Å². The fourth-order valence-electron chi connectivity index (χ4n) is 6.17. The van der Waals surface area contributed by atoms with Gasteiger partial charge in [-0.05, 0) is 67.3 Å². The molecular formula is C31H40ClF4N5O3S. The van der Waals surface area contributed by atoms with Crippen LogP contribution in [0.4, 0.5) is 22.4 Å². The largest absolute Gasteiger partial charge is 0.453 e. The Morgan fingerprint density at radius 2 is 2.00 bits per heavy atom. The Balaban J connectivity index is 1.60. The predicted octanol–water partition coefficient (Wildman–Crippen LogP) is 6.15. The number of halogens is 5. The molecule has 14 heteroatoms. The van der Waals surface area contributed by atoms with Crippen molar-refractivity contribution >= 4 is 35.5 Å². The second-order valence-electron chi connectivity index (χ2n) is 11.5. The molecule has 2 fully saturated rings. The number of hydrogen-bond acceptors (Lipinski definition) is 7. The fourth-order valence-corrected chi connectivity index (χ4v) is 7.32. The molecule has 1 aliphatic heterocycles. The average molecular weight is 674 g/mol. The zero-order valence-corrected chi connectivity index (χ0v) is 26.9. The van der Waals surface area contributed by atoms with Crippen LogP contribution in [-0.4, -0.2) is 71.9 Å². The van der Waals surface area contributed by atoms with Gasteiger partial charge in [-0.25, -0.2) is 13.5 Å². The molecule has 8 nitrogen and oxygen atoms in total. The first-order valence-corrected chi connectivity index (χ1v) is 16.6. The molecule has 0 spiro atoms. The SMILES string of the molecule is CCCSN1CCNCC1CC[C@H]1CCCC1NC(=O)[C@@H](NC(=O)OC)C(c1cncc(C(F)(F)F)c1)c1ccc(Cl)c(F)c1. The third-order valence-corrected chi connectivity index (χ3v) is 10.1. The Bertz CT molecular complexity index is 1310. The highest BCUT2D eigenvalue weighted by atomic mass is 35.5.